The molecular formula is C54H84N2O6S. The van der Waals surface area contributed by atoms with Crippen LogP contribution in [-0.4, -0.2) is 74.1 Å². The number of esters is 2. The summed E-state index contributed by atoms with van der Waals surface area (Å²) in [5.41, 5.74) is 1.69. The minimum atomic E-state index is -2.92. The second-order valence-electron chi connectivity index (χ2n) is 25.6. The summed E-state index contributed by atoms with van der Waals surface area (Å²) < 4.78 is 37.2. The van der Waals surface area contributed by atoms with E-state index in [1.165, 1.54) is 64.2 Å². The number of sulfone groups is 1. The predicted octanol–water partition coefficient (Wildman–Crippen LogP) is 10.3. The molecule has 8 nitrogen and oxygen atoms in total. The molecule has 7 saturated carbocycles. The first-order valence-electron chi connectivity index (χ1n) is 25.6. The molecule has 352 valence electrons. The number of hydrogen-bond donors (Lipinski definition) is 1. The lowest BCUT2D eigenvalue weighted by Gasteiger charge is -2.73. The molecule has 0 amide bonds. The molecule has 1 heterocycles. The fourth-order valence-corrected chi connectivity index (χ4v) is 18.6. The molecule has 9 rings (SSSR count). The van der Waals surface area contributed by atoms with E-state index in [2.05, 4.69) is 65.6 Å². The fourth-order valence-electron chi connectivity index (χ4n) is 17.4. The lowest BCUT2D eigenvalue weighted by Crippen LogP contribution is -2.69. The van der Waals surface area contributed by atoms with E-state index in [1.807, 2.05) is 44.2 Å². The first-order valence-corrected chi connectivity index (χ1v) is 27.4. The van der Waals surface area contributed by atoms with Crippen molar-refractivity contribution >= 4 is 21.8 Å². The normalized spacial score (nSPS) is 43.5. The van der Waals surface area contributed by atoms with Crippen molar-refractivity contribution < 1.29 is 27.5 Å². The Morgan fingerprint density at radius 1 is 0.730 bits per heavy atom. The highest BCUT2D eigenvalue weighted by Gasteiger charge is 2.72. The second-order valence-corrected chi connectivity index (χ2v) is 27.9. The van der Waals surface area contributed by atoms with Gasteiger partial charge in [-0.2, -0.15) is 0 Å². The van der Waals surface area contributed by atoms with Gasteiger partial charge in [0, 0.05) is 36.6 Å². The van der Waals surface area contributed by atoms with Gasteiger partial charge in [0.05, 0.1) is 23.3 Å². The number of hydrogen-bond acceptors (Lipinski definition) is 8. The molecule has 0 bridgehead atoms. The molecule has 8 aliphatic rings. The van der Waals surface area contributed by atoms with Gasteiger partial charge in [0.2, 0.25) is 0 Å². The van der Waals surface area contributed by atoms with Crippen LogP contribution in [0.3, 0.4) is 0 Å². The van der Waals surface area contributed by atoms with Crippen molar-refractivity contribution in [3.05, 3.63) is 35.9 Å². The van der Waals surface area contributed by atoms with E-state index in [0.717, 1.165) is 30.9 Å². The average molecular weight is 889 g/mol. The molecule has 7 aliphatic carbocycles. The first-order chi connectivity index (χ1) is 29.5. The zero-order valence-electron chi connectivity index (χ0n) is 40.9. The second kappa shape index (κ2) is 15.8. The Morgan fingerprint density at radius 3 is 2.06 bits per heavy atom. The number of nitrogens with one attached hydrogen (secondary N) is 1. The van der Waals surface area contributed by atoms with Crippen LogP contribution < -0.4 is 5.32 Å². The minimum Gasteiger partial charge on any atom is -0.462 e. The van der Waals surface area contributed by atoms with Crippen LogP contribution in [0.25, 0.3) is 0 Å². The van der Waals surface area contributed by atoms with Crippen LogP contribution in [0.2, 0.25) is 0 Å². The summed E-state index contributed by atoms with van der Waals surface area (Å²) >= 11 is 0. The van der Waals surface area contributed by atoms with Gasteiger partial charge < -0.3 is 14.8 Å². The number of ether oxygens (including phenoxy) is 2. The highest BCUT2D eigenvalue weighted by molar-refractivity contribution is 7.91. The van der Waals surface area contributed by atoms with Gasteiger partial charge in [-0.25, -0.2) is 8.42 Å². The summed E-state index contributed by atoms with van der Waals surface area (Å²) in [5, 5.41) is 4.43. The number of benzene rings is 1. The largest absolute Gasteiger partial charge is 0.462 e. The SMILES string of the molecule is CC(C)[C@H](CN[C@]12CC[C@@H](C3(C)CC3)[C@@H]1[C@H]1CC[C@@H]3[C@@]4(C)CC[C@H](OC(=O)[C@H]5C[C@@H](C(=O)OCc6ccccc6)C5(C)C)C(C)(C)[C@@H]4CC[C@@]3(C)[C@]1(C)CC2)N1CCS(=O)(=O)CC1. The fraction of sp³-hybridized carbons (Fsp3) is 0.852. The molecule has 1 aromatic carbocycles. The monoisotopic (exact) mass is 889 g/mol. The topological polar surface area (TPSA) is 102 Å². The zero-order chi connectivity index (χ0) is 45.2. The highest BCUT2D eigenvalue weighted by Crippen LogP contribution is 2.78. The van der Waals surface area contributed by atoms with Crippen LogP contribution in [0.1, 0.15) is 158 Å². The summed E-state index contributed by atoms with van der Waals surface area (Å²) in [5.74, 6) is 3.41. The Morgan fingerprint density at radius 2 is 1.41 bits per heavy atom. The summed E-state index contributed by atoms with van der Waals surface area (Å²) in [4.78, 5) is 29.8. The van der Waals surface area contributed by atoms with E-state index in [4.69, 9.17) is 9.47 Å². The van der Waals surface area contributed by atoms with Crippen molar-refractivity contribution in [2.75, 3.05) is 31.1 Å². The number of nitrogens with zero attached hydrogens (tertiary/aromatic N) is 1. The highest BCUT2D eigenvalue weighted by atomic mass is 32.2. The molecule has 1 aromatic rings. The van der Waals surface area contributed by atoms with Gasteiger partial charge in [-0.1, -0.05) is 99.6 Å². The number of rotatable bonds is 11. The van der Waals surface area contributed by atoms with Gasteiger partial charge in [-0.15, -0.1) is 0 Å². The first kappa shape index (κ1) is 46.2. The van der Waals surface area contributed by atoms with Gasteiger partial charge in [0.15, 0.2) is 9.84 Å². The lowest BCUT2D eigenvalue weighted by molar-refractivity contribution is -0.250. The maximum absolute atomic E-state index is 14.1. The standard InChI is InChI=1S/C54H84N2O6S/c1-35(2)41(56-28-30-63(59,60)31-29-56)33-55-54-23-18-37(50(7)24-25-50)45(54)38-16-17-43-51(8)21-20-44(49(5,6)42(51)19-22-53(43,10)52(38,9)26-27-54)62-47(58)40-32-39(48(40,3)4)46(57)61-34-36-14-12-11-13-15-36/h11-15,35,37-45,55H,16-34H2,1-10H3/t37-,38-,39+,40-,41+,42+,43-,44+,45-,51+,52-,53-,54+/m1/s1. The maximum atomic E-state index is 14.1. The van der Waals surface area contributed by atoms with Crippen molar-refractivity contribution in [1.82, 2.24) is 10.2 Å². The molecule has 8 fully saturated rings. The van der Waals surface area contributed by atoms with E-state index < -0.39 is 15.3 Å². The quantitative estimate of drug-likeness (QED) is 0.219. The zero-order valence-corrected chi connectivity index (χ0v) is 41.7. The van der Waals surface area contributed by atoms with Gasteiger partial charge >= 0.3 is 11.9 Å². The van der Waals surface area contributed by atoms with Crippen molar-refractivity contribution in [2.24, 2.45) is 79.8 Å². The summed E-state index contributed by atoms with van der Waals surface area (Å²) in [6, 6.07) is 10.1. The lowest BCUT2D eigenvalue weighted by atomic mass is 9.32. The molecule has 0 spiro atoms. The molecule has 63 heavy (non-hydrogen) atoms. The third kappa shape index (κ3) is 7.42. The Balaban J connectivity index is 0.892. The van der Waals surface area contributed by atoms with E-state index >= 15 is 0 Å². The van der Waals surface area contributed by atoms with Crippen LogP contribution in [0.15, 0.2) is 30.3 Å². The predicted molar refractivity (Wildman–Crippen MR) is 250 cm³/mol. The van der Waals surface area contributed by atoms with Crippen LogP contribution in [0.4, 0.5) is 0 Å². The van der Waals surface area contributed by atoms with E-state index in [0.29, 0.717) is 72.1 Å². The number of carbonyl (C=O) groups excluding carboxylic acids is 2. The van der Waals surface area contributed by atoms with Crippen LogP contribution in [0, 0.1) is 79.8 Å². The van der Waals surface area contributed by atoms with Gasteiger partial charge in [-0.05, 0) is 152 Å². The molecule has 0 aromatic heterocycles. The van der Waals surface area contributed by atoms with Crippen LogP contribution >= 0.6 is 0 Å². The Kier molecular flexibility index (Phi) is 11.6. The third-order valence-electron chi connectivity index (χ3n) is 21.9. The molecule has 0 unspecified atom stereocenters. The molecule has 1 saturated heterocycles. The maximum Gasteiger partial charge on any atom is 0.309 e. The molecule has 1 N–H and O–H groups in total. The molecule has 0 radical (unpaired) electrons. The number of fused-ring (bicyclic) bond motifs is 7. The van der Waals surface area contributed by atoms with E-state index in [1.54, 1.807) is 0 Å². The summed E-state index contributed by atoms with van der Waals surface area (Å²) in [7, 11) is -2.92. The van der Waals surface area contributed by atoms with Crippen molar-refractivity contribution in [3.8, 4) is 0 Å². The van der Waals surface area contributed by atoms with Gasteiger partial charge in [-0.3, -0.25) is 14.5 Å². The number of carbonyl (C=O) groups is 2. The van der Waals surface area contributed by atoms with E-state index in [9.17, 15) is 18.0 Å². The van der Waals surface area contributed by atoms with Crippen molar-refractivity contribution in [3.63, 3.8) is 0 Å². The smallest absolute Gasteiger partial charge is 0.309 e. The average Bonchev–Trinajstić information content (AvgIpc) is 3.85. The third-order valence-corrected chi connectivity index (χ3v) is 23.5. The van der Waals surface area contributed by atoms with Gasteiger partial charge in [0.1, 0.15) is 12.7 Å². The van der Waals surface area contributed by atoms with Gasteiger partial charge in [0.25, 0.3) is 0 Å². The summed E-state index contributed by atoms with van der Waals surface area (Å²) in [6.07, 6.45) is 15.4. The van der Waals surface area contributed by atoms with E-state index in [-0.39, 0.29) is 63.7 Å². The van der Waals surface area contributed by atoms with Crippen molar-refractivity contribution in [2.45, 2.75) is 177 Å². The van der Waals surface area contributed by atoms with Crippen LogP contribution in [-0.2, 0) is 35.5 Å². The summed E-state index contributed by atoms with van der Waals surface area (Å²) in [6.45, 7) is 26.9. The molecular weight excluding hydrogens is 805 g/mol. The van der Waals surface area contributed by atoms with Crippen LogP contribution in [0.5, 0.6) is 0 Å². The Labute approximate surface area is 381 Å². The minimum absolute atomic E-state index is 0.122. The Hall–Kier alpha value is -1.97. The molecule has 9 heteroatoms. The molecule has 13 atom stereocenters. The van der Waals surface area contributed by atoms with Crippen molar-refractivity contribution in [1.29, 1.82) is 0 Å². The molecule has 1 aliphatic heterocycles. The Bertz CT molecular complexity index is 2000.